The Morgan fingerprint density at radius 3 is 2.71 bits per heavy atom. The van der Waals surface area contributed by atoms with E-state index in [1.807, 2.05) is 19.9 Å². The second kappa shape index (κ2) is 10.6. The summed E-state index contributed by atoms with van der Waals surface area (Å²) >= 11 is 6.81. The van der Waals surface area contributed by atoms with Gasteiger partial charge in [-0.05, 0) is 62.4 Å². The lowest BCUT2D eigenvalue weighted by Crippen LogP contribution is -2.55. The molecule has 11 heteroatoms. The van der Waals surface area contributed by atoms with Crippen molar-refractivity contribution < 1.29 is 13.5 Å². The number of aromatic nitrogens is 4. The fourth-order valence-electron chi connectivity index (χ4n) is 5.74. The van der Waals surface area contributed by atoms with Crippen LogP contribution in [0.3, 0.4) is 0 Å². The summed E-state index contributed by atoms with van der Waals surface area (Å²) in [6.45, 7) is 9.55. The van der Waals surface area contributed by atoms with Gasteiger partial charge in [-0.25, -0.2) is 23.1 Å². The Bertz CT molecular complexity index is 1730. The van der Waals surface area contributed by atoms with Crippen LogP contribution in [0.5, 0.6) is 5.75 Å². The Morgan fingerprint density at radius 2 is 1.93 bits per heavy atom. The van der Waals surface area contributed by atoms with Crippen LogP contribution < -0.4 is 20.6 Å². The molecule has 2 aliphatic rings. The molecule has 0 saturated carbocycles. The molecule has 0 spiro atoms. The van der Waals surface area contributed by atoms with E-state index in [0.717, 1.165) is 17.7 Å². The van der Waals surface area contributed by atoms with Crippen LogP contribution >= 0.6 is 11.6 Å². The van der Waals surface area contributed by atoms with E-state index in [0.29, 0.717) is 48.5 Å². The van der Waals surface area contributed by atoms with E-state index in [9.17, 15) is 4.79 Å². The molecule has 1 fully saturated rings. The van der Waals surface area contributed by atoms with Crippen molar-refractivity contribution in [2.24, 2.45) is 0 Å². The van der Waals surface area contributed by atoms with E-state index in [-0.39, 0.29) is 52.3 Å². The minimum atomic E-state index is -0.732. The highest BCUT2D eigenvalue weighted by Gasteiger charge is 2.30. The third-order valence-electron chi connectivity index (χ3n) is 7.78. The summed E-state index contributed by atoms with van der Waals surface area (Å²) in [6, 6.07) is 5.74. The number of halogens is 3. The van der Waals surface area contributed by atoms with Crippen LogP contribution in [0.25, 0.3) is 28.0 Å². The topological polar surface area (TPSA) is 85.2 Å². The van der Waals surface area contributed by atoms with Crippen molar-refractivity contribution in [2.45, 2.75) is 58.5 Å². The average molecular weight is 581 g/mol. The molecule has 5 heterocycles. The van der Waals surface area contributed by atoms with Crippen LogP contribution in [0.2, 0.25) is 5.02 Å². The van der Waals surface area contributed by atoms with Gasteiger partial charge in [-0.15, -0.1) is 0 Å². The molecular weight excluding hydrogens is 550 g/mol. The van der Waals surface area contributed by atoms with Crippen molar-refractivity contribution in [3.8, 4) is 22.7 Å². The number of benzene rings is 1. The molecule has 0 amide bonds. The summed E-state index contributed by atoms with van der Waals surface area (Å²) in [5.41, 5.74) is 1.66. The van der Waals surface area contributed by atoms with E-state index in [1.165, 1.54) is 4.57 Å². The zero-order valence-corrected chi connectivity index (χ0v) is 24.1. The van der Waals surface area contributed by atoms with Crippen LogP contribution in [0.1, 0.15) is 51.3 Å². The molecule has 2 bridgehead atoms. The molecule has 8 nitrogen and oxygen atoms in total. The van der Waals surface area contributed by atoms with Crippen LogP contribution in [0.15, 0.2) is 35.3 Å². The molecule has 1 saturated heterocycles. The Hall–Kier alpha value is -3.63. The lowest BCUT2D eigenvalue weighted by Gasteiger charge is -2.39. The number of hydrogen-bond acceptors (Lipinski definition) is 7. The highest BCUT2D eigenvalue weighted by molar-refractivity contribution is 6.34. The molecule has 2 aliphatic heterocycles. The second-order valence-electron chi connectivity index (χ2n) is 11.1. The van der Waals surface area contributed by atoms with Crippen LogP contribution in [-0.4, -0.2) is 51.3 Å². The lowest BCUT2D eigenvalue weighted by molar-refractivity contribution is 0.295. The number of ether oxygens (including phenoxy) is 1. The van der Waals surface area contributed by atoms with E-state index < -0.39 is 17.3 Å². The summed E-state index contributed by atoms with van der Waals surface area (Å²) in [4.78, 5) is 30.3. The van der Waals surface area contributed by atoms with Gasteiger partial charge in [0.15, 0.2) is 17.2 Å². The molecule has 0 unspecified atom stereocenters. The number of aryl methyl sites for hydroxylation is 1. The van der Waals surface area contributed by atoms with Gasteiger partial charge in [0.2, 0.25) is 0 Å². The maximum absolute atomic E-state index is 15.4. The third kappa shape index (κ3) is 4.72. The molecule has 41 heavy (non-hydrogen) atoms. The summed E-state index contributed by atoms with van der Waals surface area (Å²) in [6.07, 6.45) is 2.71. The zero-order valence-electron chi connectivity index (χ0n) is 23.3. The van der Waals surface area contributed by atoms with Crippen molar-refractivity contribution in [2.75, 3.05) is 24.6 Å². The number of anilines is 1. The van der Waals surface area contributed by atoms with E-state index in [2.05, 4.69) is 34.0 Å². The largest absolute Gasteiger partial charge is 0.490 e. The first-order chi connectivity index (χ1) is 19.7. The molecule has 1 N–H and O–H groups in total. The van der Waals surface area contributed by atoms with Gasteiger partial charge in [0.25, 0.3) is 0 Å². The number of nitrogens with one attached hydrogen (secondary N) is 1. The highest BCUT2D eigenvalue weighted by atomic mass is 35.5. The Balaban J connectivity index is 1.77. The lowest BCUT2D eigenvalue weighted by atomic mass is 10.0. The van der Waals surface area contributed by atoms with Gasteiger partial charge in [0.05, 0.1) is 39.7 Å². The molecule has 1 aromatic carbocycles. The number of piperazine rings is 1. The minimum absolute atomic E-state index is 0.0182. The smallest absolute Gasteiger partial charge is 0.355 e. The monoisotopic (exact) mass is 580 g/mol. The molecule has 3 aromatic heterocycles. The highest BCUT2D eigenvalue weighted by Crippen LogP contribution is 2.41. The second-order valence-corrected chi connectivity index (χ2v) is 11.5. The van der Waals surface area contributed by atoms with Crippen LogP contribution in [-0.2, 0) is 6.42 Å². The fourth-order valence-corrected chi connectivity index (χ4v) is 5.99. The van der Waals surface area contributed by atoms with Crippen molar-refractivity contribution >= 4 is 28.5 Å². The van der Waals surface area contributed by atoms with Crippen molar-refractivity contribution in [1.29, 1.82) is 0 Å². The zero-order chi connectivity index (χ0) is 29.0. The quantitative estimate of drug-likeness (QED) is 0.339. The SMILES string of the molecule is CC(C)c1nccc2c1-n1c(=O)nc(N3C[C@@H](C)NC[C@@H]3C)c3cc(Cl)c(nc31)-c1c(F)ccc(F)c1OCCC2. The van der Waals surface area contributed by atoms with Gasteiger partial charge in [-0.1, -0.05) is 25.4 Å². The molecule has 4 aromatic rings. The molecule has 214 valence electrons. The Labute approximate surface area is 241 Å². The average Bonchev–Trinajstić information content (AvgIpc) is 2.93. The number of nitrogens with zero attached hydrogens (tertiary/aromatic N) is 5. The van der Waals surface area contributed by atoms with Crippen molar-refractivity contribution in [1.82, 2.24) is 24.8 Å². The van der Waals surface area contributed by atoms with Crippen LogP contribution in [0, 0.1) is 11.6 Å². The van der Waals surface area contributed by atoms with Crippen LogP contribution in [0.4, 0.5) is 14.6 Å². The summed E-state index contributed by atoms with van der Waals surface area (Å²) in [7, 11) is 0. The van der Waals surface area contributed by atoms with Gasteiger partial charge >= 0.3 is 5.69 Å². The normalized spacial score (nSPS) is 19.0. The van der Waals surface area contributed by atoms with E-state index in [1.54, 1.807) is 12.3 Å². The predicted octanol–water partition coefficient (Wildman–Crippen LogP) is 5.41. The number of hydrogen-bond donors (Lipinski definition) is 1. The summed E-state index contributed by atoms with van der Waals surface area (Å²) in [5.74, 6) is -1.29. The van der Waals surface area contributed by atoms with Gasteiger partial charge < -0.3 is 15.0 Å². The van der Waals surface area contributed by atoms with Gasteiger partial charge in [0.1, 0.15) is 11.6 Å². The maximum atomic E-state index is 15.4. The first-order valence-corrected chi connectivity index (χ1v) is 14.3. The van der Waals surface area contributed by atoms with Crippen molar-refractivity contribution in [3.05, 3.63) is 68.9 Å². The Morgan fingerprint density at radius 1 is 1.15 bits per heavy atom. The first kappa shape index (κ1) is 27.5. The summed E-state index contributed by atoms with van der Waals surface area (Å²) in [5, 5.41) is 4.06. The number of fused-ring (bicyclic) bond motifs is 5. The predicted molar refractivity (Wildman–Crippen MR) is 155 cm³/mol. The summed E-state index contributed by atoms with van der Waals surface area (Å²) < 4.78 is 37.8. The fraction of sp³-hybridized carbons (Fsp3) is 0.400. The first-order valence-electron chi connectivity index (χ1n) is 13.9. The van der Waals surface area contributed by atoms with Gasteiger partial charge in [-0.3, -0.25) is 4.98 Å². The molecule has 0 radical (unpaired) electrons. The standard InChI is InChI=1S/C30H31ClF2N6O2/c1-15(2)24-26-18(9-10-34-24)6-5-11-41-27-22(33)8-7-21(32)23(27)25-20(31)12-19-28(37-30(40)39(26)29(19)36-25)38-14-16(3)35-13-17(38)4/h7-10,12,15-17,35H,5-6,11,13-14H2,1-4H3/t16-,17+/m1/s1. The van der Waals surface area contributed by atoms with E-state index in [4.69, 9.17) is 21.3 Å². The van der Waals surface area contributed by atoms with E-state index >= 15 is 8.78 Å². The maximum Gasteiger partial charge on any atom is 0.355 e. The van der Waals surface area contributed by atoms with Gasteiger partial charge in [0, 0.05) is 31.4 Å². The molecule has 2 atom stereocenters. The Kier molecular flexibility index (Phi) is 7.15. The van der Waals surface area contributed by atoms with Crippen molar-refractivity contribution in [3.63, 3.8) is 0 Å². The molecule has 0 aliphatic carbocycles. The number of rotatable bonds is 2. The van der Waals surface area contributed by atoms with Gasteiger partial charge in [-0.2, -0.15) is 4.98 Å². The minimum Gasteiger partial charge on any atom is -0.490 e. The molecular formula is C30H31ClF2N6O2. The third-order valence-corrected chi connectivity index (χ3v) is 8.06. The number of pyridine rings is 2. The molecule has 6 rings (SSSR count).